The van der Waals surface area contributed by atoms with Crippen molar-refractivity contribution in [3.05, 3.63) is 29.8 Å². The molecule has 2 N–H and O–H groups in total. The average molecular weight is 306 g/mol. The number of hydrogen-bond donors (Lipinski definition) is 2. The number of urea groups is 1. The van der Waals surface area contributed by atoms with Gasteiger partial charge in [0.2, 0.25) is 0 Å². The van der Waals surface area contributed by atoms with Gasteiger partial charge in [-0.15, -0.1) is 0 Å². The highest BCUT2D eigenvalue weighted by Crippen LogP contribution is 2.21. The van der Waals surface area contributed by atoms with Crippen molar-refractivity contribution in [1.29, 1.82) is 0 Å². The molecule has 3 amide bonds. The first-order valence-electron chi connectivity index (χ1n) is 7.37. The van der Waals surface area contributed by atoms with E-state index in [1.54, 1.807) is 6.92 Å². The average Bonchev–Trinajstić information content (AvgIpc) is 2.71. The summed E-state index contributed by atoms with van der Waals surface area (Å²) in [6.07, 6.45) is -0.431. The lowest BCUT2D eigenvalue weighted by Gasteiger charge is -2.21. The molecule has 22 heavy (non-hydrogen) atoms. The van der Waals surface area contributed by atoms with E-state index < -0.39 is 17.7 Å². The first-order chi connectivity index (χ1) is 10.4. The van der Waals surface area contributed by atoms with Gasteiger partial charge in [0.25, 0.3) is 5.91 Å². The van der Waals surface area contributed by atoms with E-state index in [1.807, 2.05) is 38.1 Å². The van der Waals surface area contributed by atoms with Crippen LogP contribution in [0.3, 0.4) is 0 Å². The Bertz CT molecular complexity index is 558. The van der Waals surface area contributed by atoms with Gasteiger partial charge in [0.05, 0.1) is 6.54 Å². The van der Waals surface area contributed by atoms with Crippen LogP contribution in [0.25, 0.3) is 0 Å². The minimum atomic E-state index is -0.935. The van der Waals surface area contributed by atoms with Crippen LogP contribution in [-0.4, -0.2) is 46.7 Å². The summed E-state index contributed by atoms with van der Waals surface area (Å²) in [6.45, 7) is 5.43. The number of amides is 3. The third-order valence-corrected chi connectivity index (χ3v) is 3.91. The monoisotopic (exact) mass is 306 g/mol. The number of carbonyl (C=O) groups excluding carboxylic acids is 2. The second-order valence-electron chi connectivity index (χ2n) is 5.81. The predicted molar refractivity (Wildman–Crippen MR) is 81.6 cm³/mol. The van der Waals surface area contributed by atoms with E-state index in [4.69, 9.17) is 4.74 Å². The van der Waals surface area contributed by atoms with Gasteiger partial charge in [-0.25, -0.2) is 4.79 Å². The molecule has 1 aliphatic heterocycles. The summed E-state index contributed by atoms with van der Waals surface area (Å²) in [5.41, 5.74) is 0.236. The van der Waals surface area contributed by atoms with E-state index in [9.17, 15) is 14.7 Å². The lowest BCUT2D eigenvalue weighted by Crippen LogP contribution is -2.44. The van der Waals surface area contributed by atoms with E-state index in [0.29, 0.717) is 12.2 Å². The minimum absolute atomic E-state index is 0.0168. The molecule has 0 bridgehead atoms. The molecule has 1 aliphatic rings. The van der Waals surface area contributed by atoms with Crippen LogP contribution in [0.5, 0.6) is 5.75 Å². The maximum Gasteiger partial charge on any atom is 0.325 e. The zero-order valence-electron chi connectivity index (χ0n) is 13.1. The number of nitrogens with one attached hydrogen (secondary N) is 1. The van der Waals surface area contributed by atoms with Gasteiger partial charge in [0.1, 0.15) is 24.0 Å². The summed E-state index contributed by atoms with van der Waals surface area (Å²) < 4.78 is 5.46. The normalized spacial score (nSPS) is 22.6. The van der Waals surface area contributed by atoms with Crippen molar-refractivity contribution in [3.8, 4) is 5.75 Å². The van der Waals surface area contributed by atoms with E-state index in [1.165, 1.54) is 0 Å². The Labute approximate surface area is 130 Å². The number of nitrogens with zero attached hydrogens (tertiary/aromatic N) is 1. The molecule has 1 fully saturated rings. The van der Waals surface area contributed by atoms with Gasteiger partial charge >= 0.3 is 6.03 Å². The SMILES string of the molecule is CCC1(C)NC(=O)N(CC(O)COc2ccc(C)cc2)C1=O. The molecule has 2 unspecified atom stereocenters. The van der Waals surface area contributed by atoms with Gasteiger partial charge in [0.15, 0.2) is 0 Å². The summed E-state index contributed by atoms with van der Waals surface area (Å²) in [7, 11) is 0. The lowest BCUT2D eigenvalue weighted by atomic mass is 9.99. The molecule has 0 spiro atoms. The van der Waals surface area contributed by atoms with Gasteiger partial charge in [0, 0.05) is 0 Å². The van der Waals surface area contributed by atoms with Crippen LogP contribution in [0.4, 0.5) is 4.79 Å². The molecular formula is C16H22N2O4. The number of β-amino-alcohol motifs (C(OH)–C–C–N with tert-alkyl or cyclic N) is 1. The number of rotatable bonds is 6. The van der Waals surface area contributed by atoms with Crippen LogP contribution < -0.4 is 10.1 Å². The highest BCUT2D eigenvalue weighted by molar-refractivity contribution is 6.06. The molecular weight excluding hydrogens is 284 g/mol. The molecule has 2 rings (SSSR count). The smallest absolute Gasteiger partial charge is 0.325 e. The fourth-order valence-corrected chi connectivity index (χ4v) is 2.24. The van der Waals surface area contributed by atoms with Crippen molar-refractivity contribution in [2.75, 3.05) is 13.2 Å². The molecule has 0 radical (unpaired) electrons. The van der Waals surface area contributed by atoms with Crippen molar-refractivity contribution < 1.29 is 19.4 Å². The van der Waals surface area contributed by atoms with Crippen molar-refractivity contribution in [2.24, 2.45) is 0 Å². The number of benzene rings is 1. The minimum Gasteiger partial charge on any atom is -0.491 e. The molecule has 6 nitrogen and oxygen atoms in total. The molecule has 1 aromatic rings. The summed E-state index contributed by atoms with van der Waals surface area (Å²) in [5.74, 6) is 0.328. The van der Waals surface area contributed by atoms with Crippen LogP contribution in [0, 0.1) is 6.92 Å². The van der Waals surface area contributed by atoms with E-state index >= 15 is 0 Å². The van der Waals surface area contributed by atoms with Gasteiger partial charge in [-0.3, -0.25) is 9.69 Å². The maximum atomic E-state index is 12.2. The van der Waals surface area contributed by atoms with Crippen molar-refractivity contribution >= 4 is 11.9 Å². The van der Waals surface area contributed by atoms with Gasteiger partial charge in [-0.1, -0.05) is 24.6 Å². The van der Waals surface area contributed by atoms with Crippen molar-refractivity contribution in [3.63, 3.8) is 0 Å². The van der Waals surface area contributed by atoms with Crippen LogP contribution in [-0.2, 0) is 4.79 Å². The molecule has 2 atom stereocenters. The maximum absolute atomic E-state index is 12.2. The molecule has 0 saturated carbocycles. The first-order valence-corrected chi connectivity index (χ1v) is 7.37. The van der Waals surface area contributed by atoms with Gasteiger partial charge in [-0.05, 0) is 32.4 Å². The second kappa shape index (κ2) is 6.36. The highest BCUT2D eigenvalue weighted by atomic mass is 16.5. The number of hydrogen-bond acceptors (Lipinski definition) is 4. The molecule has 1 aromatic carbocycles. The summed E-state index contributed by atoms with van der Waals surface area (Å²) in [5, 5.41) is 12.7. The van der Waals surface area contributed by atoms with Gasteiger partial charge in [-0.2, -0.15) is 0 Å². The zero-order valence-corrected chi connectivity index (χ0v) is 13.1. The Morgan fingerprint density at radius 2 is 1.95 bits per heavy atom. The van der Waals surface area contributed by atoms with E-state index in [-0.39, 0.29) is 19.1 Å². The molecule has 1 saturated heterocycles. The standard InChI is InChI=1S/C16H22N2O4/c1-4-16(3)14(20)18(15(21)17-16)9-12(19)10-22-13-7-5-11(2)6-8-13/h5-8,12,19H,4,9-10H2,1-3H3,(H,17,21). The first kappa shape index (κ1) is 16.3. The second-order valence-corrected chi connectivity index (χ2v) is 5.81. The molecule has 1 heterocycles. The number of aliphatic hydroxyl groups is 1. The molecule has 0 aromatic heterocycles. The number of aryl methyl sites for hydroxylation is 1. The number of carbonyl (C=O) groups is 2. The van der Waals surface area contributed by atoms with Crippen molar-refractivity contribution in [1.82, 2.24) is 10.2 Å². The zero-order chi connectivity index (χ0) is 16.3. The number of imide groups is 1. The lowest BCUT2D eigenvalue weighted by molar-refractivity contribution is -0.132. The van der Waals surface area contributed by atoms with Crippen LogP contribution in [0.1, 0.15) is 25.8 Å². The Morgan fingerprint density at radius 3 is 2.50 bits per heavy atom. The fraction of sp³-hybridized carbons (Fsp3) is 0.500. The number of aliphatic hydroxyl groups excluding tert-OH is 1. The highest BCUT2D eigenvalue weighted by Gasteiger charge is 2.46. The molecule has 0 aliphatic carbocycles. The Balaban J connectivity index is 1.89. The largest absolute Gasteiger partial charge is 0.491 e. The van der Waals surface area contributed by atoms with Crippen LogP contribution in [0.2, 0.25) is 0 Å². The third kappa shape index (κ3) is 3.39. The van der Waals surface area contributed by atoms with Crippen molar-refractivity contribution in [2.45, 2.75) is 38.8 Å². The predicted octanol–water partition coefficient (Wildman–Crippen LogP) is 1.46. The summed E-state index contributed by atoms with van der Waals surface area (Å²) in [6, 6.07) is 6.97. The number of ether oxygens (including phenoxy) is 1. The van der Waals surface area contributed by atoms with Crippen LogP contribution in [0.15, 0.2) is 24.3 Å². The van der Waals surface area contributed by atoms with Crippen LogP contribution >= 0.6 is 0 Å². The third-order valence-electron chi connectivity index (χ3n) is 3.91. The Morgan fingerprint density at radius 1 is 1.32 bits per heavy atom. The Hall–Kier alpha value is -2.08. The summed E-state index contributed by atoms with van der Waals surface area (Å²) in [4.78, 5) is 25.1. The molecule has 120 valence electrons. The van der Waals surface area contributed by atoms with E-state index in [0.717, 1.165) is 10.5 Å². The van der Waals surface area contributed by atoms with E-state index in [2.05, 4.69) is 5.32 Å². The Kier molecular flexibility index (Phi) is 4.71. The fourth-order valence-electron chi connectivity index (χ4n) is 2.24. The topological polar surface area (TPSA) is 78.9 Å². The van der Waals surface area contributed by atoms with Gasteiger partial charge < -0.3 is 15.2 Å². The quantitative estimate of drug-likeness (QED) is 0.780. The molecule has 6 heteroatoms. The summed E-state index contributed by atoms with van der Waals surface area (Å²) >= 11 is 0.